The normalized spacial score (nSPS) is 11.2. The first kappa shape index (κ1) is 15.7. The quantitative estimate of drug-likeness (QED) is 0.903. The summed E-state index contributed by atoms with van der Waals surface area (Å²) in [5.74, 6) is -0.278. The SMILES string of the molecule is Cc1cc(C(=O)Nc2ccc(S(C)(=O)=O)nc2)ccc1Br. The van der Waals surface area contributed by atoms with Gasteiger partial charge in [0.15, 0.2) is 14.9 Å². The van der Waals surface area contributed by atoms with Crippen molar-refractivity contribution in [3.8, 4) is 0 Å². The number of carbonyl (C=O) groups is 1. The van der Waals surface area contributed by atoms with E-state index in [1.165, 1.54) is 18.3 Å². The standard InChI is InChI=1S/C14H13BrN2O3S/c1-9-7-10(3-5-12(9)15)14(18)17-11-4-6-13(16-8-11)21(2,19)20/h3-8H,1-2H3,(H,17,18). The predicted octanol–water partition coefficient (Wildman–Crippen LogP) is 2.81. The van der Waals surface area contributed by atoms with Crippen LogP contribution in [0.15, 0.2) is 46.0 Å². The van der Waals surface area contributed by atoms with Crippen molar-refractivity contribution in [2.24, 2.45) is 0 Å². The molecule has 0 unspecified atom stereocenters. The molecule has 1 amide bonds. The van der Waals surface area contributed by atoms with Gasteiger partial charge >= 0.3 is 0 Å². The number of amides is 1. The summed E-state index contributed by atoms with van der Waals surface area (Å²) in [7, 11) is -3.34. The van der Waals surface area contributed by atoms with Crippen LogP contribution in [0.3, 0.4) is 0 Å². The average molecular weight is 369 g/mol. The molecule has 0 aliphatic heterocycles. The smallest absolute Gasteiger partial charge is 0.255 e. The van der Waals surface area contributed by atoms with Crippen molar-refractivity contribution in [1.82, 2.24) is 4.98 Å². The van der Waals surface area contributed by atoms with Gasteiger partial charge in [-0.05, 0) is 42.8 Å². The number of hydrogen-bond acceptors (Lipinski definition) is 4. The minimum absolute atomic E-state index is 0.0278. The number of carbonyl (C=O) groups excluding carboxylic acids is 1. The van der Waals surface area contributed by atoms with Crippen LogP contribution in [0.1, 0.15) is 15.9 Å². The molecule has 1 heterocycles. The van der Waals surface area contributed by atoms with Gasteiger partial charge in [-0.1, -0.05) is 15.9 Å². The van der Waals surface area contributed by atoms with Crippen LogP contribution < -0.4 is 5.32 Å². The lowest BCUT2D eigenvalue weighted by Gasteiger charge is -2.07. The van der Waals surface area contributed by atoms with Crippen LogP contribution >= 0.6 is 15.9 Å². The molecule has 0 saturated heterocycles. The van der Waals surface area contributed by atoms with E-state index >= 15 is 0 Å². The lowest BCUT2D eigenvalue weighted by molar-refractivity contribution is 0.102. The minimum Gasteiger partial charge on any atom is -0.321 e. The molecule has 0 bridgehead atoms. The topological polar surface area (TPSA) is 76.1 Å². The highest BCUT2D eigenvalue weighted by Gasteiger charge is 2.10. The zero-order chi connectivity index (χ0) is 15.6. The number of hydrogen-bond donors (Lipinski definition) is 1. The van der Waals surface area contributed by atoms with Crippen LogP contribution in [0, 0.1) is 6.92 Å². The van der Waals surface area contributed by atoms with Crippen LogP contribution in [-0.4, -0.2) is 25.6 Å². The van der Waals surface area contributed by atoms with Gasteiger partial charge in [0, 0.05) is 16.3 Å². The highest BCUT2D eigenvalue weighted by Crippen LogP contribution is 2.18. The summed E-state index contributed by atoms with van der Waals surface area (Å²) in [6.45, 7) is 1.89. The summed E-state index contributed by atoms with van der Waals surface area (Å²) in [4.78, 5) is 15.9. The number of sulfone groups is 1. The largest absolute Gasteiger partial charge is 0.321 e. The van der Waals surface area contributed by atoms with Gasteiger partial charge in [0.25, 0.3) is 5.91 Å². The Bertz CT molecular complexity index is 786. The zero-order valence-electron chi connectivity index (χ0n) is 11.4. The summed E-state index contributed by atoms with van der Waals surface area (Å²) in [5, 5.41) is 2.64. The summed E-state index contributed by atoms with van der Waals surface area (Å²) >= 11 is 3.37. The van der Waals surface area contributed by atoms with Crippen molar-refractivity contribution < 1.29 is 13.2 Å². The first-order chi connectivity index (χ1) is 9.77. The molecule has 0 aliphatic carbocycles. The number of nitrogens with one attached hydrogen (secondary N) is 1. The van der Waals surface area contributed by atoms with E-state index in [-0.39, 0.29) is 10.9 Å². The molecule has 5 nitrogen and oxygen atoms in total. The molecule has 0 saturated carbocycles. The Hall–Kier alpha value is -1.73. The molecule has 2 aromatic rings. The van der Waals surface area contributed by atoms with Crippen LogP contribution in [0.2, 0.25) is 0 Å². The maximum absolute atomic E-state index is 12.1. The second-order valence-corrected chi connectivity index (χ2v) is 7.39. The molecular weight excluding hydrogens is 356 g/mol. The Kier molecular flexibility index (Phi) is 4.43. The van der Waals surface area contributed by atoms with Crippen LogP contribution in [-0.2, 0) is 9.84 Å². The van der Waals surface area contributed by atoms with Crippen LogP contribution in [0.5, 0.6) is 0 Å². The van der Waals surface area contributed by atoms with Gasteiger partial charge < -0.3 is 5.32 Å². The van der Waals surface area contributed by atoms with Gasteiger partial charge in [-0.25, -0.2) is 13.4 Å². The van der Waals surface area contributed by atoms with E-state index in [1.807, 2.05) is 6.92 Å². The van der Waals surface area contributed by atoms with E-state index in [0.29, 0.717) is 11.3 Å². The molecule has 7 heteroatoms. The molecule has 1 aromatic heterocycles. The van der Waals surface area contributed by atoms with Crippen LogP contribution in [0.4, 0.5) is 5.69 Å². The van der Waals surface area contributed by atoms with Gasteiger partial charge in [0.1, 0.15) is 0 Å². The zero-order valence-corrected chi connectivity index (χ0v) is 13.8. The van der Waals surface area contributed by atoms with E-state index in [9.17, 15) is 13.2 Å². The minimum atomic E-state index is -3.34. The van der Waals surface area contributed by atoms with Gasteiger partial charge in [0.2, 0.25) is 0 Å². The van der Waals surface area contributed by atoms with Gasteiger partial charge in [-0.15, -0.1) is 0 Å². The molecule has 0 fully saturated rings. The second-order valence-electron chi connectivity index (χ2n) is 4.58. The Balaban J connectivity index is 2.18. The van der Waals surface area contributed by atoms with Gasteiger partial charge in [-0.3, -0.25) is 4.79 Å². The Labute approximate surface area is 131 Å². The van der Waals surface area contributed by atoms with Crippen molar-refractivity contribution in [2.75, 3.05) is 11.6 Å². The third kappa shape index (κ3) is 3.89. The van der Waals surface area contributed by atoms with E-state index in [1.54, 1.807) is 18.2 Å². The Morgan fingerprint density at radius 3 is 2.48 bits per heavy atom. The lowest BCUT2D eigenvalue weighted by Crippen LogP contribution is -2.12. The number of anilines is 1. The number of aryl methyl sites for hydroxylation is 1. The van der Waals surface area contributed by atoms with E-state index < -0.39 is 9.84 Å². The summed E-state index contributed by atoms with van der Waals surface area (Å²) in [6.07, 6.45) is 2.40. The maximum atomic E-state index is 12.1. The Morgan fingerprint density at radius 1 is 1.24 bits per heavy atom. The lowest BCUT2D eigenvalue weighted by atomic mass is 10.1. The molecule has 1 aromatic carbocycles. The molecule has 110 valence electrons. The summed E-state index contributed by atoms with van der Waals surface area (Å²) < 4.78 is 23.5. The second kappa shape index (κ2) is 5.95. The van der Waals surface area contributed by atoms with E-state index in [0.717, 1.165) is 16.3 Å². The fourth-order valence-corrected chi connectivity index (χ4v) is 2.47. The van der Waals surface area contributed by atoms with Crippen molar-refractivity contribution in [1.29, 1.82) is 0 Å². The molecule has 0 aliphatic rings. The molecule has 0 radical (unpaired) electrons. The highest BCUT2D eigenvalue weighted by molar-refractivity contribution is 9.10. The fourth-order valence-electron chi connectivity index (χ4n) is 1.66. The first-order valence-corrected chi connectivity index (χ1v) is 8.69. The number of nitrogens with zero attached hydrogens (tertiary/aromatic N) is 1. The molecule has 0 spiro atoms. The van der Waals surface area contributed by atoms with Crippen molar-refractivity contribution >= 4 is 37.4 Å². The Morgan fingerprint density at radius 2 is 1.95 bits per heavy atom. The predicted molar refractivity (Wildman–Crippen MR) is 84.2 cm³/mol. The molecule has 21 heavy (non-hydrogen) atoms. The number of aromatic nitrogens is 1. The van der Waals surface area contributed by atoms with Crippen molar-refractivity contribution in [3.63, 3.8) is 0 Å². The van der Waals surface area contributed by atoms with Gasteiger partial charge in [-0.2, -0.15) is 0 Å². The molecular formula is C14H13BrN2O3S. The molecule has 1 N–H and O–H groups in total. The third-order valence-corrected chi connectivity index (χ3v) is 4.69. The van der Waals surface area contributed by atoms with Crippen molar-refractivity contribution in [2.45, 2.75) is 11.9 Å². The third-order valence-electron chi connectivity index (χ3n) is 2.79. The number of benzene rings is 1. The van der Waals surface area contributed by atoms with Crippen LogP contribution in [0.25, 0.3) is 0 Å². The van der Waals surface area contributed by atoms with Gasteiger partial charge in [0.05, 0.1) is 11.9 Å². The first-order valence-electron chi connectivity index (χ1n) is 6.01. The maximum Gasteiger partial charge on any atom is 0.255 e. The summed E-state index contributed by atoms with van der Waals surface area (Å²) in [6, 6.07) is 8.13. The summed E-state index contributed by atoms with van der Waals surface area (Å²) in [5.41, 5.74) is 1.91. The number of rotatable bonds is 3. The number of halogens is 1. The highest BCUT2D eigenvalue weighted by atomic mass is 79.9. The number of pyridine rings is 1. The molecule has 0 atom stereocenters. The average Bonchev–Trinajstić information content (AvgIpc) is 2.41. The monoisotopic (exact) mass is 368 g/mol. The molecule has 2 rings (SSSR count). The van der Waals surface area contributed by atoms with E-state index in [2.05, 4.69) is 26.2 Å². The van der Waals surface area contributed by atoms with Crippen molar-refractivity contribution in [3.05, 3.63) is 52.1 Å². The fraction of sp³-hybridized carbons (Fsp3) is 0.143. The van der Waals surface area contributed by atoms with E-state index in [4.69, 9.17) is 0 Å².